The summed E-state index contributed by atoms with van der Waals surface area (Å²) >= 11 is 0. The summed E-state index contributed by atoms with van der Waals surface area (Å²) in [5.74, 6) is 0.942. The number of hydrogen-bond donors (Lipinski definition) is 1. The molecule has 1 unspecified atom stereocenters. The van der Waals surface area contributed by atoms with Crippen LogP contribution >= 0.6 is 0 Å². The van der Waals surface area contributed by atoms with Crippen molar-refractivity contribution in [2.75, 3.05) is 19.8 Å². The van der Waals surface area contributed by atoms with Gasteiger partial charge in [0.15, 0.2) is 0 Å². The van der Waals surface area contributed by atoms with Crippen LogP contribution in [0.25, 0.3) is 0 Å². The summed E-state index contributed by atoms with van der Waals surface area (Å²) in [5, 5.41) is 3.52. The molecule has 1 aromatic rings. The highest BCUT2D eigenvalue weighted by Gasteiger charge is 2.18. The summed E-state index contributed by atoms with van der Waals surface area (Å²) < 4.78 is 11.3. The van der Waals surface area contributed by atoms with Crippen LogP contribution < -0.4 is 10.1 Å². The monoisotopic (exact) mass is 279 g/mol. The zero-order valence-corrected chi connectivity index (χ0v) is 13.5. The minimum atomic E-state index is -0.132. The molecule has 3 nitrogen and oxygen atoms in total. The summed E-state index contributed by atoms with van der Waals surface area (Å²) in [6.45, 7) is 12.9. The van der Waals surface area contributed by atoms with Gasteiger partial charge in [-0.15, -0.1) is 0 Å². The van der Waals surface area contributed by atoms with E-state index in [2.05, 4.69) is 45.1 Å². The Bertz CT molecular complexity index is 373. The molecule has 1 atom stereocenters. The predicted octanol–water partition coefficient (Wildman–Crippen LogP) is 3.94. The van der Waals surface area contributed by atoms with Crippen molar-refractivity contribution < 1.29 is 9.47 Å². The smallest absolute Gasteiger partial charge is 0.119 e. The van der Waals surface area contributed by atoms with Gasteiger partial charge in [0, 0.05) is 19.2 Å². The van der Waals surface area contributed by atoms with Gasteiger partial charge >= 0.3 is 0 Å². The van der Waals surface area contributed by atoms with Crippen LogP contribution in [0.2, 0.25) is 0 Å². The third-order valence-corrected chi connectivity index (χ3v) is 3.22. The van der Waals surface area contributed by atoms with Crippen LogP contribution in [0.3, 0.4) is 0 Å². The van der Waals surface area contributed by atoms with Crippen LogP contribution in [0.5, 0.6) is 5.75 Å². The van der Waals surface area contributed by atoms with Gasteiger partial charge in [-0.2, -0.15) is 0 Å². The zero-order chi connectivity index (χ0) is 15.0. The maximum Gasteiger partial charge on any atom is 0.119 e. The molecule has 0 spiro atoms. The van der Waals surface area contributed by atoms with E-state index in [0.29, 0.717) is 6.04 Å². The number of ether oxygens (including phenoxy) is 2. The predicted molar refractivity (Wildman–Crippen MR) is 84.4 cm³/mol. The van der Waals surface area contributed by atoms with Gasteiger partial charge < -0.3 is 14.8 Å². The quantitative estimate of drug-likeness (QED) is 0.742. The Morgan fingerprint density at radius 2 is 1.80 bits per heavy atom. The largest absolute Gasteiger partial charge is 0.494 e. The van der Waals surface area contributed by atoms with E-state index in [4.69, 9.17) is 9.47 Å². The standard InChI is InChI=1S/C17H29NO2/c1-6-12-19-16-10-8-15(9-11-16)14(3)18-13-17(4,5)20-7-2/h8-11,14,18H,6-7,12-13H2,1-5H3. The van der Waals surface area contributed by atoms with Gasteiger partial charge in [-0.3, -0.25) is 0 Å². The molecule has 0 aliphatic rings. The maximum absolute atomic E-state index is 5.70. The van der Waals surface area contributed by atoms with Crippen molar-refractivity contribution >= 4 is 0 Å². The van der Waals surface area contributed by atoms with E-state index >= 15 is 0 Å². The molecule has 3 heteroatoms. The molecule has 0 radical (unpaired) electrons. The van der Waals surface area contributed by atoms with Crippen LogP contribution in [0, 0.1) is 0 Å². The first-order valence-electron chi connectivity index (χ1n) is 7.58. The number of benzene rings is 1. The van der Waals surface area contributed by atoms with Crippen molar-refractivity contribution in [2.45, 2.75) is 52.7 Å². The molecule has 1 aromatic carbocycles. The molecule has 0 aliphatic heterocycles. The van der Waals surface area contributed by atoms with Gasteiger partial charge in [0.2, 0.25) is 0 Å². The summed E-state index contributed by atoms with van der Waals surface area (Å²) in [7, 11) is 0. The molecule has 114 valence electrons. The lowest BCUT2D eigenvalue weighted by molar-refractivity contribution is -0.0103. The van der Waals surface area contributed by atoms with Gasteiger partial charge in [-0.05, 0) is 51.8 Å². The highest BCUT2D eigenvalue weighted by atomic mass is 16.5. The molecule has 0 saturated heterocycles. The number of hydrogen-bond acceptors (Lipinski definition) is 3. The van der Waals surface area contributed by atoms with Crippen molar-refractivity contribution in [3.05, 3.63) is 29.8 Å². The summed E-state index contributed by atoms with van der Waals surface area (Å²) in [6.07, 6.45) is 1.03. The molecule has 0 bridgehead atoms. The van der Waals surface area contributed by atoms with Gasteiger partial charge in [0.05, 0.1) is 12.2 Å². The SMILES string of the molecule is CCCOc1ccc(C(C)NCC(C)(C)OCC)cc1. The highest BCUT2D eigenvalue weighted by molar-refractivity contribution is 5.28. The average Bonchev–Trinajstić information content (AvgIpc) is 2.43. The Hall–Kier alpha value is -1.06. The van der Waals surface area contributed by atoms with E-state index < -0.39 is 0 Å². The van der Waals surface area contributed by atoms with Gasteiger partial charge in [0.1, 0.15) is 5.75 Å². The number of rotatable bonds is 9. The topological polar surface area (TPSA) is 30.5 Å². The Morgan fingerprint density at radius 1 is 1.15 bits per heavy atom. The third kappa shape index (κ3) is 5.93. The van der Waals surface area contributed by atoms with E-state index in [1.807, 2.05) is 19.1 Å². The first kappa shape index (κ1) is 17.0. The minimum Gasteiger partial charge on any atom is -0.494 e. The second-order valence-corrected chi connectivity index (χ2v) is 5.71. The fourth-order valence-corrected chi connectivity index (χ4v) is 2.03. The lowest BCUT2D eigenvalue weighted by Gasteiger charge is -2.27. The van der Waals surface area contributed by atoms with Crippen LogP contribution in [-0.4, -0.2) is 25.4 Å². The molecule has 0 amide bonds. The molecule has 0 aliphatic carbocycles. The molecule has 0 heterocycles. The molecular weight excluding hydrogens is 250 g/mol. The summed E-state index contributed by atoms with van der Waals surface area (Å²) in [5.41, 5.74) is 1.13. The van der Waals surface area contributed by atoms with Crippen molar-refractivity contribution in [1.82, 2.24) is 5.32 Å². The fourth-order valence-electron chi connectivity index (χ4n) is 2.03. The lowest BCUT2D eigenvalue weighted by Crippen LogP contribution is -2.38. The second kappa shape index (κ2) is 8.28. The Morgan fingerprint density at radius 3 is 2.35 bits per heavy atom. The van der Waals surface area contributed by atoms with Crippen LogP contribution in [0.15, 0.2) is 24.3 Å². The van der Waals surface area contributed by atoms with Gasteiger partial charge in [0.25, 0.3) is 0 Å². The van der Waals surface area contributed by atoms with E-state index in [9.17, 15) is 0 Å². The lowest BCUT2D eigenvalue weighted by atomic mass is 10.1. The molecule has 0 aromatic heterocycles. The second-order valence-electron chi connectivity index (χ2n) is 5.71. The molecular formula is C17H29NO2. The van der Waals surface area contributed by atoms with Crippen LogP contribution in [0.1, 0.15) is 52.6 Å². The minimum absolute atomic E-state index is 0.132. The van der Waals surface area contributed by atoms with E-state index in [1.54, 1.807) is 0 Å². The first-order valence-corrected chi connectivity index (χ1v) is 7.58. The molecule has 0 fully saturated rings. The normalized spacial score (nSPS) is 13.2. The van der Waals surface area contributed by atoms with Crippen molar-refractivity contribution in [2.24, 2.45) is 0 Å². The molecule has 1 N–H and O–H groups in total. The fraction of sp³-hybridized carbons (Fsp3) is 0.647. The van der Waals surface area contributed by atoms with E-state index in [0.717, 1.165) is 31.9 Å². The van der Waals surface area contributed by atoms with E-state index in [-0.39, 0.29) is 5.60 Å². The Labute approximate surface area is 123 Å². The zero-order valence-electron chi connectivity index (χ0n) is 13.5. The summed E-state index contributed by atoms with van der Waals surface area (Å²) in [4.78, 5) is 0. The van der Waals surface area contributed by atoms with Crippen molar-refractivity contribution in [3.63, 3.8) is 0 Å². The van der Waals surface area contributed by atoms with Crippen LogP contribution in [-0.2, 0) is 4.74 Å². The van der Waals surface area contributed by atoms with Gasteiger partial charge in [-0.1, -0.05) is 19.1 Å². The Kier molecular flexibility index (Phi) is 7.03. The molecule has 1 rings (SSSR count). The van der Waals surface area contributed by atoms with Crippen LogP contribution in [0.4, 0.5) is 0 Å². The first-order chi connectivity index (χ1) is 9.48. The van der Waals surface area contributed by atoms with Gasteiger partial charge in [-0.25, -0.2) is 0 Å². The van der Waals surface area contributed by atoms with Crippen molar-refractivity contribution in [1.29, 1.82) is 0 Å². The third-order valence-electron chi connectivity index (χ3n) is 3.22. The summed E-state index contributed by atoms with van der Waals surface area (Å²) in [6, 6.07) is 8.62. The Balaban J connectivity index is 2.49. The molecule has 0 saturated carbocycles. The maximum atomic E-state index is 5.70. The molecule has 20 heavy (non-hydrogen) atoms. The highest BCUT2D eigenvalue weighted by Crippen LogP contribution is 2.18. The van der Waals surface area contributed by atoms with Crippen molar-refractivity contribution in [3.8, 4) is 5.75 Å². The average molecular weight is 279 g/mol. The van der Waals surface area contributed by atoms with E-state index in [1.165, 1.54) is 5.56 Å². The number of nitrogens with one attached hydrogen (secondary N) is 1.